The Morgan fingerprint density at radius 1 is 1.11 bits per heavy atom. The smallest absolute Gasteiger partial charge is 0.349 e. The van der Waals surface area contributed by atoms with E-state index < -0.39 is 11.7 Å². The molecule has 0 spiro atoms. The lowest BCUT2D eigenvalue weighted by Gasteiger charge is -2.39. The summed E-state index contributed by atoms with van der Waals surface area (Å²) in [5.41, 5.74) is 0.327. The van der Waals surface area contributed by atoms with E-state index in [2.05, 4.69) is 4.90 Å². The minimum Gasteiger partial charge on any atom is -0.349 e. The molecule has 0 aromatic heterocycles. The van der Waals surface area contributed by atoms with Crippen LogP contribution in [-0.2, 0) is 6.18 Å². The summed E-state index contributed by atoms with van der Waals surface area (Å²) in [7, 11) is 9.87. The molecule has 0 amide bonds. The van der Waals surface area contributed by atoms with E-state index in [-0.39, 0.29) is 35.9 Å². The van der Waals surface area contributed by atoms with Crippen molar-refractivity contribution in [3.8, 4) is 0 Å². The van der Waals surface area contributed by atoms with Crippen LogP contribution in [0, 0.1) is 5.92 Å². The molecule has 1 heterocycles. The summed E-state index contributed by atoms with van der Waals surface area (Å²) in [5, 5.41) is 0. The standard InChI is InChI=1S/C19H29F3N4.HI/c1-24(2)18(25(3)4)23-13-15-7-6-12-26(5)17(15)14-8-10-16(11-9-14)19(20,21)22;/h8-11,15,17H,6-7,12-13H2,1-5H3;1H. The topological polar surface area (TPSA) is 22.1 Å². The quantitative estimate of drug-likeness (QED) is 0.355. The SMILES string of the molecule is CN(C)C(=NCC1CCCN(C)C1c1ccc(C(F)(F)F)cc1)N(C)C.I. The molecule has 0 radical (unpaired) electrons. The average molecular weight is 498 g/mol. The minimum absolute atomic E-state index is 0. The Labute approximate surface area is 177 Å². The van der Waals surface area contributed by atoms with Crippen molar-refractivity contribution >= 4 is 29.9 Å². The highest BCUT2D eigenvalue weighted by atomic mass is 127. The Bertz CT molecular complexity index is 604. The maximum atomic E-state index is 12.8. The largest absolute Gasteiger partial charge is 0.416 e. The minimum atomic E-state index is -4.30. The Kier molecular flexibility index (Phi) is 8.85. The van der Waals surface area contributed by atoms with Crippen molar-refractivity contribution in [3.63, 3.8) is 0 Å². The molecule has 2 unspecified atom stereocenters. The summed E-state index contributed by atoms with van der Waals surface area (Å²) in [6, 6.07) is 5.68. The first-order chi connectivity index (χ1) is 12.1. The Balaban J connectivity index is 0.00000364. The van der Waals surface area contributed by atoms with Gasteiger partial charge in [-0.15, -0.1) is 24.0 Å². The van der Waals surface area contributed by atoms with Crippen LogP contribution in [-0.4, -0.2) is 69.0 Å². The molecule has 0 saturated carbocycles. The fourth-order valence-electron chi connectivity index (χ4n) is 3.73. The molecule has 1 aromatic rings. The molecule has 1 aliphatic rings. The van der Waals surface area contributed by atoms with E-state index in [0.717, 1.165) is 30.9 Å². The highest BCUT2D eigenvalue weighted by molar-refractivity contribution is 14.0. The second kappa shape index (κ2) is 9.95. The number of nitrogens with zero attached hydrogens (tertiary/aromatic N) is 4. The van der Waals surface area contributed by atoms with Gasteiger partial charge in [0.25, 0.3) is 0 Å². The van der Waals surface area contributed by atoms with Crippen LogP contribution in [0.4, 0.5) is 13.2 Å². The van der Waals surface area contributed by atoms with Crippen molar-refractivity contribution < 1.29 is 13.2 Å². The Hall–Kier alpha value is -1.03. The number of aliphatic imine (C=N–C) groups is 1. The van der Waals surface area contributed by atoms with Gasteiger partial charge in [0.2, 0.25) is 0 Å². The lowest BCUT2D eigenvalue weighted by molar-refractivity contribution is -0.137. The van der Waals surface area contributed by atoms with Gasteiger partial charge in [0.1, 0.15) is 0 Å². The van der Waals surface area contributed by atoms with Crippen LogP contribution in [0.2, 0.25) is 0 Å². The molecule has 0 bridgehead atoms. The number of halogens is 4. The molecular weight excluding hydrogens is 468 g/mol. The first-order valence-electron chi connectivity index (χ1n) is 8.87. The first kappa shape index (κ1) is 24.0. The molecule has 1 aromatic carbocycles. The highest BCUT2D eigenvalue weighted by Gasteiger charge is 2.33. The predicted octanol–water partition coefficient (Wildman–Crippen LogP) is 4.19. The maximum Gasteiger partial charge on any atom is 0.416 e. The van der Waals surface area contributed by atoms with Gasteiger partial charge in [0.15, 0.2) is 5.96 Å². The van der Waals surface area contributed by atoms with Crippen LogP contribution in [0.1, 0.15) is 30.0 Å². The van der Waals surface area contributed by atoms with E-state index in [9.17, 15) is 13.2 Å². The summed E-state index contributed by atoms with van der Waals surface area (Å²) >= 11 is 0. The molecule has 0 N–H and O–H groups in total. The first-order valence-corrected chi connectivity index (χ1v) is 8.87. The van der Waals surface area contributed by atoms with E-state index in [1.54, 1.807) is 12.1 Å². The van der Waals surface area contributed by atoms with Crippen molar-refractivity contribution in [2.75, 3.05) is 48.3 Å². The fraction of sp³-hybridized carbons (Fsp3) is 0.632. The molecule has 1 saturated heterocycles. The van der Waals surface area contributed by atoms with Gasteiger partial charge in [0, 0.05) is 40.8 Å². The van der Waals surface area contributed by atoms with Crippen molar-refractivity contribution in [2.24, 2.45) is 10.9 Å². The predicted molar refractivity (Wildman–Crippen MR) is 115 cm³/mol. The van der Waals surface area contributed by atoms with Crippen LogP contribution in [0.3, 0.4) is 0 Å². The number of guanidine groups is 1. The van der Waals surface area contributed by atoms with Gasteiger partial charge in [-0.25, -0.2) is 0 Å². The third-order valence-corrected chi connectivity index (χ3v) is 4.85. The van der Waals surface area contributed by atoms with Gasteiger partial charge in [-0.3, -0.25) is 9.89 Å². The van der Waals surface area contributed by atoms with E-state index in [4.69, 9.17) is 4.99 Å². The summed E-state index contributed by atoms with van der Waals surface area (Å²) in [4.78, 5) is 11.0. The van der Waals surface area contributed by atoms with Gasteiger partial charge in [-0.2, -0.15) is 13.2 Å². The third kappa shape index (κ3) is 6.23. The summed E-state index contributed by atoms with van der Waals surface area (Å²) in [5.74, 6) is 1.17. The van der Waals surface area contributed by atoms with Crippen LogP contribution >= 0.6 is 24.0 Å². The molecule has 0 aliphatic carbocycles. The molecule has 1 aliphatic heterocycles. The summed E-state index contributed by atoms with van der Waals surface area (Å²) < 4.78 is 38.5. The van der Waals surface area contributed by atoms with E-state index in [1.807, 2.05) is 45.0 Å². The van der Waals surface area contributed by atoms with Gasteiger partial charge in [0.05, 0.1) is 5.56 Å². The van der Waals surface area contributed by atoms with E-state index in [1.165, 1.54) is 12.1 Å². The van der Waals surface area contributed by atoms with Crippen LogP contribution in [0.25, 0.3) is 0 Å². The molecule has 154 valence electrons. The molecule has 2 rings (SSSR count). The number of alkyl halides is 3. The normalized spacial score (nSPS) is 20.6. The second-order valence-electron chi connectivity index (χ2n) is 7.38. The van der Waals surface area contributed by atoms with Gasteiger partial charge < -0.3 is 9.80 Å². The molecule has 2 atom stereocenters. The van der Waals surface area contributed by atoms with Crippen molar-refractivity contribution in [1.29, 1.82) is 0 Å². The van der Waals surface area contributed by atoms with E-state index >= 15 is 0 Å². The van der Waals surface area contributed by atoms with Crippen LogP contribution in [0.5, 0.6) is 0 Å². The molecule has 8 heteroatoms. The molecule has 27 heavy (non-hydrogen) atoms. The second-order valence-corrected chi connectivity index (χ2v) is 7.38. The maximum absolute atomic E-state index is 12.8. The van der Waals surface area contributed by atoms with Crippen LogP contribution in [0.15, 0.2) is 29.3 Å². The highest BCUT2D eigenvalue weighted by Crippen LogP contribution is 2.37. The van der Waals surface area contributed by atoms with Crippen molar-refractivity contribution in [1.82, 2.24) is 14.7 Å². The summed E-state index contributed by atoms with van der Waals surface area (Å²) in [6.07, 6.45) is -2.20. The lowest BCUT2D eigenvalue weighted by Crippen LogP contribution is -2.39. The number of hydrogen-bond acceptors (Lipinski definition) is 2. The fourth-order valence-corrected chi connectivity index (χ4v) is 3.73. The Morgan fingerprint density at radius 3 is 2.15 bits per heavy atom. The average Bonchev–Trinajstić information content (AvgIpc) is 2.54. The number of benzene rings is 1. The van der Waals surface area contributed by atoms with Gasteiger partial charge >= 0.3 is 6.18 Å². The summed E-state index contributed by atoms with van der Waals surface area (Å²) in [6.45, 7) is 1.60. The van der Waals surface area contributed by atoms with Gasteiger partial charge in [-0.1, -0.05) is 12.1 Å². The zero-order chi connectivity index (χ0) is 19.5. The molecular formula is C19H30F3IN4. The Morgan fingerprint density at radius 2 is 1.67 bits per heavy atom. The van der Waals surface area contributed by atoms with Gasteiger partial charge in [-0.05, 0) is 50.0 Å². The third-order valence-electron chi connectivity index (χ3n) is 4.85. The number of likely N-dealkylation sites (tertiary alicyclic amines) is 1. The zero-order valence-electron chi connectivity index (χ0n) is 16.6. The van der Waals surface area contributed by atoms with Crippen LogP contribution < -0.4 is 0 Å². The number of hydrogen-bond donors (Lipinski definition) is 0. The lowest BCUT2D eigenvalue weighted by atomic mass is 9.84. The van der Waals surface area contributed by atoms with Crippen molar-refractivity contribution in [3.05, 3.63) is 35.4 Å². The number of piperidine rings is 1. The van der Waals surface area contributed by atoms with E-state index in [0.29, 0.717) is 6.54 Å². The molecule has 1 fully saturated rings. The van der Waals surface area contributed by atoms with Crippen molar-refractivity contribution in [2.45, 2.75) is 25.1 Å². The monoisotopic (exact) mass is 498 g/mol. The molecule has 4 nitrogen and oxygen atoms in total. The zero-order valence-corrected chi connectivity index (χ0v) is 19.0. The number of rotatable bonds is 3.